The zero-order valence-corrected chi connectivity index (χ0v) is 10.6. The maximum absolute atomic E-state index is 11.3. The van der Waals surface area contributed by atoms with Crippen LogP contribution in [0.1, 0.15) is 16.1 Å². The van der Waals surface area contributed by atoms with Crippen LogP contribution in [-0.4, -0.2) is 30.5 Å². The van der Waals surface area contributed by atoms with E-state index in [-0.39, 0.29) is 4.90 Å². The fraction of sp³-hybridized carbons (Fsp3) is 0.167. The number of carbonyl (C=O) groups is 1. The monoisotopic (exact) mass is 264 g/mol. The Bertz CT molecular complexity index is 657. The second kappa shape index (κ2) is 4.73. The third-order valence-electron chi connectivity index (χ3n) is 2.57. The Hall–Kier alpha value is -1.95. The fourth-order valence-corrected chi connectivity index (χ4v) is 2.23. The third kappa shape index (κ3) is 2.65. The highest BCUT2D eigenvalue weighted by Crippen LogP contribution is 2.11. The van der Waals surface area contributed by atoms with Gasteiger partial charge in [0.25, 0.3) is 0 Å². The van der Waals surface area contributed by atoms with E-state index in [0.717, 1.165) is 11.8 Å². The molecule has 0 aliphatic heterocycles. The van der Waals surface area contributed by atoms with Crippen LogP contribution in [0.15, 0.2) is 41.7 Å². The van der Waals surface area contributed by atoms with E-state index in [9.17, 15) is 13.2 Å². The van der Waals surface area contributed by atoms with E-state index in [4.69, 9.17) is 0 Å². The lowest BCUT2D eigenvalue weighted by molar-refractivity contribution is 0.111. The summed E-state index contributed by atoms with van der Waals surface area (Å²) in [5, 5.41) is 0. The van der Waals surface area contributed by atoms with E-state index < -0.39 is 9.84 Å². The van der Waals surface area contributed by atoms with Crippen molar-refractivity contribution in [1.82, 2.24) is 9.55 Å². The Balaban J connectivity index is 2.24. The van der Waals surface area contributed by atoms with Gasteiger partial charge in [0, 0.05) is 12.8 Å². The lowest BCUT2D eigenvalue weighted by atomic mass is 10.2. The van der Waals surface area contributed by atoms with Gasteiger partial charge in [-0.1, -0.05) is 12.1 Å². The summed E-state index contributed by atoms with van der Waals surface area (Å²) in [6, 6.07) is 6.57. The third-order valence-corrected chi connectivity index (χ3v) is 3.70. The van der Waals surface area contributed by atoms with E-state index in [2.05, 4.69) is 4.98 Å². The van der Waals surface area contributed by atoms with Crippen LogP contribution in [0, 0.1) is 0 Å². The van der Waals surface area contributed by atoms with Crippen LogP contribution in [0.4, 0.5) is 0 Å². The highest BCUT2D eigenvalue weighted by molar-refractivity contribution is 7.90. The number of carbonyl (C=O) groups excluding carboxylic acids is 1. The lowest BCUT2D eigenvalue weighted by Crippen LogP contribution is -2.03. The first-order chi connectivity index (χ1) is 8.50. The summed E-state index contributed by atoms with van der Waals surface area (Å²) in [7, 11) is -3.17. The van der Waals surface area contributed by atoms with Gasteiger partial charge in [-0.25, -0.2) is 13.4 Å². The molecule has 2 rings (SSSR count). The SMILES string of the molecule is CS(=O)(=O)c1ccc(Cn2cncc2C=O)cc1. The highest BCUT2D eigenvalue weighted by Gasteiger charge is 2.07. The predicted octanol–water partition coefficient (Wildman–Crippen LogP) is 1.15. The summed E-state index contributed by atoms with van der Waals surface area (Å²) in [5.41, 5.74) is 1.39. The van der Waals surface area contributed by atoms with Crippen LogP contribution in [0.3, 0.4) is 0 Å². The molecule has 0 spiro atoms. The topological polar surface area (TPSA) is 69.0 Å². The molecule has 0 unspecified atom stereocenters. The van der Waals surface area contributed by atoms with Crippen molar-refractivity contribution in [1.29, 1.82) is 0 Å². The molecular weight excluding hydrogens is 252 g/mol. The second-order valence-electron chi connectivity index (χ2n) is 3.98. The lowest BCUT2D eigenvalue weighted by Gasteiger charge is -2.05. The number of rotatable bonds is 4. The Morgan fingerprint density at radius 1 is 1.28 bits per heavy atom. The van der Waals surface area contributed by atoms with Crippen molar-refractivity contribution in [2.75, 3.05) is 6.26 Å². The standard InChI is InChI=1S/C12H12N2O3S/c1-18(16,17)12-4-2-10(3-5-12)7-14-9-13-6-11(14)8-15/h2-6,8-9H,7H2,1H3. The van der Waals surface area contributed by atoms with Crippen LogP contribution in [-0.2, 0) is 16.4 Å². The van der Waals surface area contributed by atoms with Crippen LogP contribution in [0.25, 0.3) is 0 Å². The number of nitrogens with zero attached hydrogens (tertiary/aromatic N) is 2. The van der Waals surface area contributed by atoms with Crippen LogP contribution >= 0.6 is 0 Å². The number of hydrogen-bond donors (Lipinski definition) is 0. The number of imidazole rings is 1. The molecule has 1 aromatic heterocycles. The Morgan fingerprint density at radius 3 is 2.50 bits per heavy atom. The predicted molar refractivity (Wildman–Crippen MR) is 66.3 cm³/mol. The maximum atomic E-state index is 11.3. The molecule has 1 heterocycles. The van der Waals surface area contributed by atoms with Crippen molar-refractivity contribution in [3.8, 4) is 0 Å². The van der Waals surface area contributed by atoms with Crippen LogP contribution in [0.5, 0.6) is 0 Å². The van der Waals surface area contributed by atoms with Gasteiger partial charge in [-0.15, -0.1) is 0 Å². The van der Waals surface area contributed by atoms with E-state index in [1.165, 1.54) is 12.5 Å². The summed E-state index contributed by atoms with van der Waals surface area (Å²) >= 11 is 0. The average Bonchev–Trinajstić information content (AvgIpc) is 2.76. The Kier molecular flexibility index (Phi) is 3.29. The first kappa shape index (κ1) is 12.5. The molecule has 6 heteroatoms. The second-order valence-corrected chi connectivity index (χ2v) is 6.00. The first-order valence-electron chi connectivity index (χ1n) is 5.25. The molecule has 0 amide bonds. The van der Waals surface area contributed by atoms with Gasteiger partial charge in [0.2, 0.25) is 0 Å². The number of aldehydes is 1. The van der Waals surface area contributed by atoms with Crippen molar-refractivity contribution in [2.24, 2.45) is 0 Å². The normalized spacial score (nSPS) is 11.4. The summed E-state index contributed by atoms with van der Waals surface area (Å²) in [6.07, 6.45) is 4.95. The number of benzene rings is 1. The first-order valence-corrected chi connectivity index (χ1v) is 7.14. The van der Waals surface area contributed by atoms with Crippen molar-refractivity contribution in [3.63, 3.8) is 0 Å². The van der Waals surface area contributed by atoms with Gasteiger partial charge in [0.15, 0.2) is 16.1 Å². The molecule has 0 saturated heterocycles. The maximum Gasteiger partial charge on any atom is 0.175 e. The molecule has 0 aliphatic carbocycles. The molecule has 0 atom stereocenters. The smallest absolute Gasteiger partial charge is 0.175 e. The largest absolute Gasteiger partial charge is 0.324 e. The molecule has 0 fully saturated rings. The minimum atomic E-state index is -3.17. The van der Waals surface area contributed by atoms with Gasteiger partial charge in [0.1, 0.15) is 5.69 Å². The molecular formula is C12H12N2O3S. The zero-order chi connectivity index (χ0) is 13.2. The van der Waals surface area contributed by atoms with Gasteiger partial charge in [-0.2, -0.15) is 0 Å². The van der Waals surface area contributed by atoms with Gasteiger partial charge in [0.05, 0.1) is 17.4 Å². The van der Waals surface area contributed by atoms with Gasteiger partial charge in [-0.05, 0) is 17.7 Å². The molecule has 94 valence electrons. The number of hydrogen-bond acceptors (Lipinski definition) is 4. The zero-order valence-electron chi connectivity index (χ0n) is 9.78. The molecule has 0 radical (unpaired) electrons. The van der Waals surface area contributed by atoms with Crippen molar-refractivity contribution in [2.45, 2.75) is 11.4 Å². The van der Waals surface area contributed by atoms with Crippen molar-refractivity contribution < 1.29 is 13.2 Å². The van der Waals surface area contributed by atoms with E-state index in [1.807, 2.05) is 0 Å². The van der Waals surface area contributed by atoms with E-state index in [1.54, 1.807) is 35.2 Å². The molecule has 2 aromatic rings. The van der Waals surface area contributed by atoms with Crippen molar-refractivity contribution in [3.05, 3.63) is 48.0 Å². The summed E-state index contributed by atoms with van der Waals surface area (Å²) in [4.78, 5) is 14.9. The fourth-order valence-electron chi connectivity index (χ4n) is 1.60. The number of aromatic nitrogens is 2. The Labute approximate surface area is 105 Å². The van der Waals surface area contributed by atoms with Gasteiger partial charge in [-0.3, -0.25) is 4.79 Å². The van der Waals surface area contributed by atoms with Crippen LogP contribution in [0.2, 0.25) is 0 Å². The molecule has 18 heavy (non-hydrogen) atoms. The minimum Gasteiger partial charge on any atom is -0.324 e. The molecule has 0 saturated carbocycles. The minimum absolute atomic E-state index is 0.285. The quantitative estimate of drug-likeness (QED) is 0.777. The molecule has 0 bridgehead atoms. The number of sulfone groups is 1. The van der Waals surface area contributed by atoms with Crippen molar-refractivity contribution >= 4 is 16.1 Å². The Morgan fingerprint density at radius 2 is 1.94 bits per heavy atom. The summed E-state index contributed by atoms with van der Waals surface area (Å²) in [5.74, 6) is 0. The van der Waals surface area contributed by atoms with Gasteiger partial charge < -0.3 is 4.57 Å². The summed E-state index contributed by atoms with van der Waals surface area (Å²) in [6.45, 7) is 0.484. The molecule has 0 aliphatic rings. The molecule has 5 nitrogen and oxygen atoms in total. The highest BCUT2D eigenvalue weighted by atomic mass is 32.2. The molecule has 1 aromatic carbocycles. The van der Waals surface area contributed by atoms with E-state index in [0.29, 0.717) is 12.2 Å². The summed E-state index contributed by atoms with van der Waals surface area (Å²) < 4.78 is 24.3. The average molecular weight is 264 g/mol. The van der Waals surface area contributed by atoms with Crippen LogP contribution < -0.4 is 0 Å². The van der Waals surface area contributed by atoms with Gasteiger partial charge >= 0.3 is 0 Å². The van der Waals surface area contributed by atoms with E-state index >= 15 is 0 Å². The molecule has 0 N–H and O–H groups in total.